The van der Waals surface area contributed by atoms with Gasteiger partial charge in [0, 0.05) is 6.04 Å². The molecule has 1 aliphatic rings. The molecule has 0 radical (unpaired) electrons. The lowest BCUT2D eigenvalue weighted by Crippen LogP contribution is -2.42. The highest BCUT2D eigenvalue weighted by molar-refractivity contribution is 5.71. The molecule has 16 heavy (non-hydrogen) atoms. The summed E-state index contributed by atoms with van der Waals surface area (Å²) in [5.41, 5.74) is 0. The molecule has 0 saturated heterocycles. The number of nitrogens with zero attached hydrogens (tertiary/aromatic N) is 1. The number of rotatable bonds is 5. The molecule has 0 amide bonds. The number of ether oxygens (including phenoxy) is 1. The minimum absolute atomic E-state index is 0.0922. The molecule has 0 spiro atoms. The van der Waals surface area contributed by atoms with Crippen molar-refractivity contribution in [2.75, 3.05) is 20.2 Å². The molecule has 94 valence electrons. The van der Waals surface area contributed by atoms with Crippen LogP contribution in [-0.2, 0) is 9.53 Å². The first kappa shape index (κ1) is 13.5. The van der Waals surface area contributed by atoms with E-state index in [1.807, 2.05) is 6.92 Å². The van der Waals surface area contributed by atoms with Crippen molar-refractivity contribution < 1.29 is 9.53 Å². The van der Waals surface area contributed by atoms with Crippen molar-refractivity contribution in [1.82, 2.24) is 4.90 Å². The second-order valence-electron chi connectivity index (χ2n) is 4.74. The normalized spacial score (nSPS) is 25.8. The van der Waals surface area contributed by atoms with Gasteiger partial charge in [0.25, 0.3) is 0 Å². The maximum Gasteiger partial charge on any atom is 0.320 e. The van der Waals surface area contributed by atoms with E-state index in [2.05, 4.69) is 18.9 Å². The fourth-order valence-corrected chi connectivity index (χ4v) is 2.77. The molecule has 1 aliphatic carbocycles. The van der Waals surface area contributed by atoms with Gasteiger partial charge in [0.15, 0.2) is 0 Å². The van der Waals surface area contributed by atoms with E-state index >= 15 is 0 Å². The second-order valence-corrected chi connectivity index (χ2v) is 4.74. The first-order chi connectivity index (χ1) is 7.69. The van der Waals surface area contributed by atoms with Crippen molar-refractivity contribution in [3.05, 3.63) is 0 Å². The predicted octanol–water partition coefficient (Wildman–Crippen LogP) is 2.45. The van der Waals surface area contributed by atoms with Crippen molar-refractivity contribution in [3.63, 3.8) is 0 Å². The van der Waals surface area contributed by atoms with E-state index in [-0.39, 0.29) is 5.97 Å². The average molecular weight is 227 g/mol. The van der Waals surface area contributed by atoms with Gasteiger partial charge in [-0.05, 0) is 32.7 Å². The highest BCUT2D eigenvalue weighted by Gasteiger charge is 2.27. The summed E-state index contributed by atoms with van der Waals surface area (Å²) in [6, 6.07) is 0.572. The topological polar surface area (TPSA) is 29.5 Å². The van der Waals surface area contributed by atoms with Crippen molar-refractivity contribution in [1.29, 1.82) is 0 Å². The average Bonchev–Trinajstić information content (AvgIpc) is 2.29. The van der Waals surface area contributed by atoms with Gasteiger partial charge in [-0.1, -0.05) is 26.2 Å². The quantitative estimate of drug-likeness (QED) is 0.676. The zero-order valence-electron chi connectivity index (χ0n) is 10.9. The first-order valence-electron chi connectivity index (χ1n) is 6.54. The van der Waals surface area contributed by atoms with Gasteiger partial charge in [-0.15, -0.1) is 0 Å². The van der Waals surface area contributed by atoms with Crippen LogP contribution in [0.15, 0.2) is 0 Å². The van der Waals surface area contributed by atoms with Crippen molar-refractivity contribution in [2.45, 2.75) is 52.0 Å². The lowest BCUT2D eigenvalue weighted by molar-refractivity contribution is -0.145. The van der Waals surface area contributed by atoms with Gasteiger partial charge in [0.2, 0.25) is 0 Å². The monoisotopic (exact) mass is 227 g/mol. The molecule has 2 unspecified atom stereocenters. The summed E-state index contributed by atoms with van der Waals surface area (Å²) < 4.78 is 4.99. The van der Waals surface area contributed by atoms with Crippen molar-refractivity contribution in [3.8, 4) is 0 Å². The van der Waals surface area contributed by atoms with E-state index in [0.717, 1.165) is 5.92 Å². The molecule has 3 heteroatoms. The Labute approximate surface area is 99.1 Å². The van der Waals surface area contributed by atoms with Crippen LogP contribution in [0, 0.1) is 5.92 Å². The third kappa shape index (κ3) is 3.78. The molecular formula is C13H25NO2. The number of carbonyl (C=O) groups is 1. The Morgan fingerprint density at radius 2 is 2.00 bits per heavy atom. The Balaban J connectivity index is 2.43. The minimum Gasteiger partial charge on any atom is -0.465 e. The van der Waals surface area contributed by atoms with Gasteiger partial charge in [0.05, 0.1) is 13.2 Å². The van der Waals surface area contributed by atoms with Crippen LogP contribution >= 0.6 is 0 Å². The van der Waals surface area contributed by atoms with Gasteiger partial charge in [-0.2, -0.15) is 0 Å². The highest BCUT2D eigenvalue weighted by atomic mass is 16.5. The van der Waals surface area contributed by atoms with E-state index < -0.39 is 0 Å². The van der Waals surface area contributed by atoms with E-state index in [1.54, 1.807) is 0 Å². The Morgan fingerprint density at radius 1 is 1.31 bits per heavy atom. The molecule has 1 saturated carbocycles. The Morgan fingerprint density at radius 3 is 2.62 bits per heavy atom. The van der Waals surface area contributed by atoms with Gasteiger partial charge in [-0.25, -0.2) is 0 Å². The molecule has 0 bridgehead atoms. The van der Waals surface area contributed by atoms with Crippen LogP contribution in [0.25, 0.3) is 0 Å². The largest absolute Gasteiger partial charge is 0.465 e. The first-order valence-corrected chi connectivity index (χ1v) is 6.54. The zero-order valence-corrected chi connectivity index (χ0v) is 10.9. The zero-order chi connectivity index (χ0) is 12.0. The summed E-state index contributed by atoms with van der Waals surface area (Å²) in [7, 11) is 2.05. The van der Waals surface area contributed by atoms with Crippen LogP contribution < -0.4 is 0 Å². The van der Waals surface area contributed by atoms with Crippen LogP contribution in [0.4, 0.5) is 0 Å². The van der Waals surface area contributed by atoms with E-state index in [1.165, 1.54) is 32.1 Å². The maximum atomic E-state index is 11.4. The Bertz CT molecular complexity index is 218. The second kappa shape index (κ2) is 6.89. The summed E-state index contributed by atoms with van der Waals surface area (Å²) in [4.78, 5) is 13.6. The van der Waals surface area contributed by atoms with Gasteiger partial charge in [-0.3, -0.25) is 9.69 Å². The van der Waals surface area contributed by atoms with E-state index in [9.17, 15) is 4.79 Å². The van der Waals surface area contributed by atoms with E-state index in [4.69, 9.17) is 4.74 Å². The molecule has 0 aromatic rings. The molecule has 0 aromatic carbocycles. The third-order valence-corrected chi connectivity index (χ3v) is 3.64. The highest BCUT2D eigenvalue weighted by Crippen LogP contribution is 2.29. The van der Waals surface area contributed by atoms with Crippen molar-refractivity contribution >= 4 is 5.97 Å². The molecule has 1 fully saturated rings. The number of likely N-dealkylation sites (N-methyl/N-ethyl adjacent to an activating group) is 1. The Hall–Kier alpha value is -0.570. The fraction of sp³-hybridized carbons (Fsp3) is 0.923. The number of esters is 1. The lowest BCUT2D eigenvalue weighted by Gasteiger charge is -2.37. The molecule has 0 aliphatic heterocycles. The van der Waals surface area contributed by atoms with Crippen LogP contribution in [0.1, 0.15) is 46.0 Å². The summed E-state index contributed by atoms with van der Waals surface area (Å²) >= 11 is 0. The Kier molecular flexibility index (Phi) is 5.81. The molecular weight excluding hydrogens is 202 g/mol. The number of hydrogen-bond acceptors (Lipinski definition) is 3. The molecule has 0 N–H and O–H groups in total. The summed E-state index contributed by atoms with van der Waals surface area (Å²) in [6.45, 7) is 5.03. The number of carbonyl (C=O) groups excluding carboxylic acids is 1. The van der Waals surface area contributed by atoms with Gasteiger partial charge < -0.3 is 4.74 Å². The number of hydrogen-bond donors (Lipinski definition) is 0. The molecule has 0 aromatic heterocycles. The summed E-state index contributed by atoms with van der Waals surface area (Å²) in [5.74, 6) is 0.665. The van der Waals surface area contributed by atoms with Crippen molar-refractivity contribution in [2.24, 2.45) is 5.92 Å². The van der Waals surface area contributed by atoms with Crippen LogP contribution in [0.3, 0.4) is 0 Å². The molecule has 2 atom stereocenters. The van der Waals surface area contributed by atoms with Crippen LogP contribution in [0.5, 0.6) is 0 Å². The maximum absolute atomic E-state index is 11.4. The molecule has 3 nitrogen and oxygen atoms in total. The minimum atomic E-state index is -0.0922. The third-order valence-electron chi connectivity index (χ3n) is 3.64. The standard InChI is InChI=1S/C13H25NO2/c1-4-11-8-6-7-9-12(11)14(3)10-13(15)16-5-2/h11-12H,4-10H2,1-3H3. The van der Waals surface area contributed by atoms with Crippen LogP contribution in [0.2, 0.25) is 0 Å². The molecule has 0 heterocycles. The smallest absolute Gasteiger partial charge is 0.320 e. The van der Waals surface area contributed by atoms with Gasteiger partial charge in [0.1, 0.15) is 0 Å². The molecule has 1 rings (SSSR count). The van der Waals surface area contributed by atoms with Crippen LogP contribution in [-0.4, -0.2) is 37.1 Å². The fourth-order valence-electron chi connectivity index (χ4n) is 2.77. The predicted molar refractivity (Wildman–Crippen MR) is 65.3 cm³/mol. The summed E-state index contributed by atoms with van der Waals surface area (Å²) in [6.07, 6.45) is 6.41. The lowest BCUT2D eigenvalue weighted by atomic mass is 9.82. The SMILES string of the molecule is CCOC(=O)CN(C)C1CCCCC1CC. The van der Waals surface area contributed by atoms with E-state index in [0.29, 0.717) is 19.2 Å². The van der Waals surface area contributed by atoms with Gasteiger partial charge >= 0.3 is 5.97 Å². The summed E-state index contributed by atoms with van der Waals surface area (Å²) in [5, 5.41) is 0.